The van der Waals surface area contributed by atoms with E-state index in [9.17, 15) is 17.6 Å². The number of aryl methyl sites for hydroxylation is 1. The van der Waals surface area contributed by atoms with Gasteiger partial charge < -0.3 is 9.73 Å². The van der Waals surface area contributed by atoms with Gasteiger partial charge in [0.2, 0.25) is 0 Å². The average Bonchev–Trinajstić information content (AvgIpc) is 3.50. The second-order valence-corrected chi connectivity index (χ2v) is 9.76. The Balaban J connectivity index is 1.50. The number of hydrogen-bond acceptors (Lipinski definition) is 5. The highest BCUT2D eigenvalue weighted by Gasteiger charge is 2.26. The number of nitrogens with zero attached hydrogens (tertiary/aromatic N) is 1. The van der Waals surface area contributed by atoms with Crippen molar-refractivity contribution in [3.63, 3.8) is 0 Å². The van der Waals surface area contributed by atoms with E-state index < -0.39 is 15.8 Å². The van der Waals surface area contributed by atoms with Gasteiger partial charge in [0.15, 0.2) is 0 Å². The van der Waals surface area contributed by atoms with Crippen molar-refractivity contribution in [1.29, 1.82) is 0 Å². The minimum Gasteiger partial charge on any atom is -0.468 e. The Morgan fingerprint density at radius 3 is 2.52 bits per heavy atom. The van der Waals surface area contributed by atoms with Crippen LogP contribution in [0, 0.1) is 12.7 Å². The summed E-state index contributed by atoms with van der Waals surface area (Å²) in [5.41, 5.74) is 1.16. The summed E-state index contributed by atoms with van der Waals surface area (Å²) in [6.45, 7) is 3.96. The molecule has 1 aromatic heterocycles. The predicted molar refractivity (Wildman–Crippen MR) is 123 cm³/mol. The maximum absolute atomic E-state index is 13.1. The summed E-state index contributed by atoms with van der Waals surface area (Å²) in [4.78, 5) is 15.2. The highest BCUT2D eigenvalue weighted by Crippen LogP contribution is 2.25. The summed E-state index contributed by atoms with van der Waals surface area (Å²) in [5.74, 6) is -0.0372. The lowest BCUT2D eigenvalue weighted by atomic mass is 10.1. The number of halogens is 1. The summed E-state index contributed by atoms with van der Waals surface area (Å²) in [5, 5.41) is 2.94. The maximum Gasteiger partial charge on any atom is 0.261 e. The first-order chi connectivity index (χ1) is 15.8. The van der Waals surface area contributed by atoms with Gasteiger partial charge in [0, 0.05) is 17.8 Å². The van der Waals surface area contributed by atoms with Crippen LogP contribution in [0.5, 0.6) is 0 Å². The topological polar surface area (TPSA) is 91.6 Å². The second kappa shape index (κ2) is 9.76. The van der Waals surface area contributed by atoms with E-state index in [1.807, 2.05) is 12.1 Å². The van der Waals surface area contributed by atoms with E-state index in [0.29, 0.717) is 12.1 Å². The lowest BCUT2D eigenvalue weighted by Gasteiger charge is -2.26. The first-order valence-electron chi connectivity index (χ1n) is 10.8. The molecule has 0 aliphatic carbocycles. The van der Waals surface area contributed by atoms with Crippen molar-refractivity contribution >= 4 is 21.6 Å². The molecule has 1 fully saturated rings. The van der Waals surface area contributed by atoms with Crippen LogP contribution < -0.4 is 10.0 Å². The van der Waals surface area contributed by atoms with Crippen molar-refractivity contribution in [2.24, 2.45) is 0 Å². The van der Waals surface area contributed by atoms with Gasteiger partial charge in [-0.1, -0.05) is 6.07 Å². The number of carbonyl (C=O) groups is 1. The van der Waals surface area contributed by atoms with E-state index in [1.54, 1.807) is 19.3 Å². The molecule has 1 saturated heterocycles. The van der Waals surface area contributed by atoms with E-state index >= 15 is 0 Å². The number of furan rings is 1. The van der Waals surface area contributed by atoms with Gasteiger partial charge in [-0.15, -0.1) is 0 Å². The molecule has 0 saturated carbocycles. The number of sulfonamides is 1. The van der Waals surface area contributed by atoms with Gasteiger partial charge >= 0.3 is 0 Å². The quantitative estimate of drug-likeness (QED) is 0.516. The Bertz CT molecular complexity index is 1210. The number of hydrogen-bond donors (Lipinski definition) is 2. The minimum atomic E-state index is -3.95. The smallest absolute Gasteiger partial charge is 0.261 e. The third-order valence-electron chi connectivity index (χ3n) is 5.77. The second-order valence-electron chi connectivity index (χ2n) is 8.07. The lowest BCUT2D eigenvalue weighted by Crippen LogP contribution is -2.36. The predicted octanol–water partition coefficient (Wildman–Crippen LogP) is 4.09. The van der Waals surface area contributed by atoms with Crippen molar-refractivity contribution in [2.75, 3.05) is 24.4 Å². The van der Waals surface area contributed by atoms with Crippen LogP contribution in [0.3, 0.4) is 0 Å². The molecule has 0 bridgehead atoms. The van der Waals surface area contributed by atoms with E-state index in [4.69, 9.17) is 4.42 Å². The molecule has 3 aromatic rings. The first kappa shape index (κ1) is 23.0. The summed E-state index contributed by atoms with van der Waals surface area (Å²) >= 11 is 0. The van der Waals surface area contributed by atoms with Crippen molar-refractivity contribution in [2.45, 2.75) is 30.7 Å². The molecule has 9 heteroatoms. The average molecular weight is 472 g/mol. The summed E-state index contributed by atoms with van der Waals surface area (Å²) in [6.07, 6.45) is 3.82. The number of carbonyl (C=O) groups excluding carboxylic acids is 1. The van der Waals surface area contributed by atoms with E-state index in [1.165, 1.54) is 36.4 Å². The van der Waals surface area contributed by atoms with Crippen LogP contribution in [-0.4, -0.2) is 38.9 Å². The molecule has 1 unspecified atom stereocenters. The van der Waals surface area contributed by atoms with Crippen LogP contribution in [0.15, 0.2) is 70.2 Å². The molecule has 2 heterocycles. The molecule has 2 N–H and O–H groups in total. The Morgan fingerprint density at radius 2 is 1.85 bits per heavy atom. The zero-order valence-corrected chi connectivity index (χ0v) is 19.1. The fraction of sp³-hybridized carbons (Fsp3) is 0.292. The molecular weight excluding hydrogens is 445 g/mol. The van der Waals surface area contributed by atoms with Crippen LogP contribution in [0.1, 0.15) is 40.6 Å². The monoisotopic (exact) mass is 471 g/mol. The summed E-state index contributed by atoms with van der Waals surface area (Å²) in [6, 6.07) is 13.0. The number of nitrogens with one attached hydrogen (secondary N) is 2. The number of rotatable bonds is 8. The Kier molecular flexibility index (Phi) is 6.80. The molecule has 1 aliphatic heterocycles. The molecule has 2 aromatic carbocycles. The van der Waals surface area contributed by atoms with Gasteiger partial charge in [0.05, 0.1) is 17.2 Å². The molecular formula is C24H26FN3O4S. The molecule has 1 amide bonds. The highest BCUT2D eigenvalue weighted by molar-refractivity contribution is 7.92. The van der Waals surface area contributed by atoms with Crippen molar-refractivity contribution in [3.05, 3.63) is 83.6 Å². The van der Waals surface area contributed by atoms with Crippen LogP contribution in [0.2, 0.25) is 0 Å². The Labute approximate surface area is 192 Å². The zero-order valence-electron chi connectivity index (χ0n) is 18.3. The minimum absolute atomic E-state index is 0.0512. The van der Waals surface area contributed by atoms with E-state index in [2.05, 4.69) is 14.9 Å². The third kappa shape index (κ3) is 5.43. The summed E-state index contributed by atoms with van der Waals surface area (Å²) in [7, 11) is -3.95. The molecule has 7 nitrogen and oxygen atoms in total. The zero-order chi connectivity index (χ0) is 23.4. The number of amides is 1. The Morgan fingerprint density at radius 1 is 1.12 bits per heavy atom. The van der Waals surface area contributed by atoms with Gasteiger partial charge in [0.1, 0.15) is 11.6 Å². The van der Waals surface area contributed by atoms with Crippen molar-refractivity contribution in [1.82, 2.24) is 10.2 Å². The molecule has 1 atom stereocenters. The normalized spacial score (nSPS) is 15.3. The van der Waals surface area contributed by atoms with Crippen molar-refractivity contribution in [3.8, 4) is 0 Å². The fourth-order valence-electron chi connectivity index (χ4n) is 3.97. The van der Waals surface area contributed by atoms with Crippen LogP contribution in [0.4, 0.5) is 10.1 Å². The van der Waals surface area contributed by atoms with Gasteiger partial charge in [-0.05, 0) is 86.9 Å². The van der Waals surface area contributed by atoms with Gasteiger partial charge in [-0.25, -0.2) is 12.8 Å². The van der Waals surface area contributed by atoms with E-state index in [0.717, 1.165) is 31.7 Å². The molecule has 4 rings (SSSR count). The molecule has 0 spiro atoms. The van der Waals surface area contributed by atoms with Crippen LogP contribution in [0.25, 0.3) is 0 Å². The first-order valence-corrected chi connectivity index (χ1v) is 12.3. The molecule has 0 radical (unpaired) electrons. The standard InChI is InChI=1S/C24H26FN3O4S/c1-17-6-11-20(33(30,31)27-19-9-7-18(25)8-10-19)15-21(17)24(29)26-16-22(23-5-4-14-32-23)28-12-2-3-13-28/h4-11,14-15,22,27H,2-3,12-13,16H2,1H3,(H,26,29). The van der Waals surface area contributed by atoms with Crippen molar-refractivity contribution < 1.29 is 22.0 Å². The fourth-order valence-corrected chi connectivity index (χ4v) is 5.06. The van der Waals surface area contributed by atoms with E-state index in [-0.39, 0.29) is 28.1 Å². The maximum atomic E-state index is 13.1. The molecule has 174 valence electrons. The number of anilines is 1. The highest BCUT2D eigenvalue weighted by atomic mass is 32.2. The van der Waals surface area contributed by atoms with Gasteiger partial charge in [-0.3, -0.25) is 14.4 Å². The summed E-state index contributed by atoms with van der Waals surface area (Å²) < 4.78 is 46.7. The number of likely N-dealkylation sites (tertiary alicyclic amines) is 1. The lowest BCUT2D eigenvalue weighted by molar-refractivity contribution is 0.0933. The number of benzene rings is 2. The largest absolute Gasteiger partial charge is 0.468 e. The Hall–Kier alpha value is -3.17. The molecule has 1 aliphatic rings. The van der Waals surface area contributed by atoms with Crippen LogP contribution in [-0.2, 0) is 10.0 Å². The SMILES string of the molecule is Cc1ccc(S(=O)(=O)Nc2ccc(F)cc2)cc1C(=O)NCC(c1ccco1)N1CCCC1. The van der Waals surface area contributed by atoms with Crippen LogP contribution >= 0.6 is 0 Å². The van der Waals surface area contributed by atoms with Gasteiger partial charge in [-0.2, -0.15) is 0 Å². The molecule has 33 heavy (non-hydrogen) atoms. The van der Waals surface area contributed by atoms with Gasteiger partial charge in [0.25, 0.3) is 15.9 Å². The third-order valence-corrected chi connectivity index (χ3v) is 7.15.